The molecule has 0 aliphatic heterocycles. The molecule has 13 heavy (non-hydrogen) atoms. The van der Waals surface area contributed by atoms with Gasteiger partial charge in [0.25, 0.3) is 0 Å². The zero-order valence-electron chi connectivity index (χ0n) is 6.27. The average molecular weight is 202 g/mol. The molecule has 1 aromatic rings. The first-order valence-corrected chi connectivity index (χ1v) is 4.05. The smallest absolute Gasteiger partial charge is 0.409 e. The Morgan fingerprint density at radius 1 is 1.23 bits per heavy atom. The predicted octanol–water partition coefficient (Wildman–Crippen LogP) is 1.93. The molecule has 0 saturated heterocycles. The maximum absolute atomic E-state index is 10.2. The number of nitrogens with one attached hydrogen (secondary N) is 2. The minimum absolute atomic E-state index is 0.236. The van der Waals surface area contributed by atoms with Crippen LogP contribution in [-0.2, 0) is 0 Å². The van der Waals surface area contributed by atoms with Crippen molar-refractivity contribution in [2.24, 2.45) is 0 Å². The number of carbonyl (C=O) groups is 2. The van der Waals surface area contributed by atoms with E-state index in [1.54, 1.807) is 5.38 Å². The number of hydrogen-bond donors (Lipinski definition) is 4. The van der Waals surface area contributed by atoms with Crippen molar-refractivity contribution in [2.45, 2.75) is 0 Å². The van der Waals surface area contributed by atoms with Gasteiger partial charge in [-0.1, -0.05) is 0 Å². The minimum Gasteiger partial charge on any atom is -0.465 e. The molecule has 1 heterocycles. The summed E-state index contributed by atoms with van der Waals surface area (Å²) in [5.41, 5.74) is 0.236. The molecule has 70 valence electrons. The van der Waals surface area contributed by atoms with Crippen molar-refractivity contribution in [3.63, 3.8) is 0 Å². The quantitative estimate of drug-likeness (QED) is 0.588. The molecular weight excluding hydrogens is 196 g/mol. The predicted molar refractivity (Wildman–Crippen MR) is 47.6 cm³/mol. The van der Waals surface area contributed by atoms with E-state index in [4.69, 9.17) is 10.2 Å². The normalized spacial score (nSPS) is 9.23. The van der Waals surface area contributed by atoms with E-state index < -0.39 is 12.2 Å². The van der Waals surface area contributed by atoms with Gasteiger partial charge in [0.05, 0.1) is 5.69 Å². The summed E-state index contributed by atoms with van der Waals surface area (Å²) < 4.78 is 0. The largest absolute Gasteiger partial charge is 0.465 e. The molecule has 2 amide bonds. The first kappa shape index (κ1) is 9.33. The van der Waals surface area contributed by atoms with Crippen LogP contribution < -0.4 is 10.6 Å². The maximum Gasteiger partial charge on any atom is 0.409 e. The molecule has 0 aliphatic rings. The Morgan fingerprint density at radius 3 is 2.38 bits per heavy atom. The van der Waals surface area contributed by atoms with Gasteiger partial charge in [0.2, 0.25) is 0 Å². The van der Waals surface area contributed by atoms with Crippen LogP contribution in [0.1, 0.15) is 0 Å². The number of anilines is 2. The SMILES string of the molecule is O=C(O)Nc1ccsc1NC(=O)O. The standard InChI is InChI=1S/C6H6N2O4S/c9-5(10)7-3-1-2-13-4(3)8-6(11)12/h1-2,7-8H,(H,9,10)(H,11,12). The first-order chi connectivity index (χ1) is 6.09. The highest BCUT2D eigenvalue weighted by atomic mass is 32.1. The molecule has 0 fully saturated rings. The minimum atomic E-state index is -1.23. The summed E-state index contributed by atoms with van der Waals surface area (Å²) in [6.07, 6.45) is -2.46. The topological polar surface area (TPSA) is 98.7 Å². The molecule has 1 aromatic heterocycles. The summed E-state index contributed by atoms with van der Waals surface area (Å²) in [4.78, 5) is 20.4. The van der Waals surface area contributed by atoms with E-state index in [-0.39, 0.29) is 10.7 Å². The van der Waals surface area contributed by atoms with E-state index >= 15 is 0 Å². The van der Waals surface area contributed by atoms with Crippen LogP contribution in [0.3, 0.4) is 0 Å². The lowest BCUT2D eigenvalue weighted by molar-refractivity contribution is 0.208. The van der Waals surface area contributed by atoms with Crippen molar-refractivity contribution < 1.29 is 19.8 Å². The summed E-state index contributed by atoms with van der Waals surface area (Å²) in [6, 6.07) is 1.48. The lowest BCUT2D eigenvalue weighted by Gasteiger charge is -2.01. The van der Waals surface area contributed by atoms with E-state index in [9.17, 15) is 9.59 Å². The summed E-state index contributed by atoms with van der Waals surface area (Å²) in [5.74, 6) is 0. The fourth-order valence-electron chi connectivity index (χ4n) is 0.717. The van der Waals surface area contributed by atoms with Crippen molar-refractivity contribution in [2.75, 3.05) is 10.6 Å². The van der Waals surface area contributed by atoms with Crippen LogP contribution in [0.5, 0.6) is 0 Å². The van der Waals surface area contributed by atoms with Crippen LogP contribution in [0.4, 0.5) is 20.3 Å². The van der Waals surface area contributed by atoms with Gasteiger partial charge in [-0.15, -0.1) is 11.3 Å². The van der Waals surface area contributed by atoms with Crippen LogP contribution in [0.25, 0.3) is 0 Å². The second-order valence-corrected chi connectivity index (χ2v) is 2.94. The number of amides is 2. The Morgan fingerprint density at radius 2 is 1.85 bits per heavy atom. The van der Waals surface area contributed by atoms with Gasteiger partial charge in [0.15, 0.2) is 0 Å². The highest BCUT2D eigenvalue weighted by molar-refractivity contribution is 7.15. The molecule has 7 heteroatoms. The van der Waals surface area contributed by atoms with E-state index in [1.807, 2.05) is 0 Å². The van der Waals surface area contributed by atoms with Gasteiger partial charge in [-0.25, -0.2) is 9.59 Å². The van der Waals surface area contributed by atoms with Gasteiger partial charge in [0, 0.05) is 0 Å². The van der Waals surface area contributed by atoms with Crippen LogP contribution >= 0.6 is 11.3 Å². The van der Waals surface area contributed by atoms with Gasteiger partial charge in [-0.3, -0.25) is 10.6 Å². The van der Waals surface area contributed by atoms with Gasteiger partial charge in [-0.05, 0) is 11.4 Å². The van der Waals surface area contributed by atoms with E-state index in [2.05, 4.69) is 10.6 Å². The summed E-state index contributed by atoms with van der Waals surface area (Å²) in [5, 5.41) is 22.7. The Hall–Kier alpha value is -1.76. The highest BCUT2D eigenvalue weighted by Gasteiger charge is 2.08. The summed E-state index contributed by atoms with van der Waals surface area (Å²) in [6.45, 7) is 0. The van der Waals surface area contributed by atoms with E-state index in [0.29, 0.717) is 0 Å². The molecule has 1 rings (SSSR count). The Bertz CT molecular complexity index is 305. The average Bonchev–Trinajstić information content (AvgIpc) is 2.34. The van der Waals surface area contributed by atoms with Crippen LogP contribution in [0.2, 0.25) is 0 Å². The lowest BCUT2D eigenvalue weighted by atomic mass is 10.5. The molecule has 0 unspecified atom stereocenters. The molecule has 0 bridgehead atoms. The summed E-state index contributed by atoms with van der Waals surface area (Å²) in [7, 11) is 0. The van der Waals surface area contributed by atoms with Gasteiger partial charge in [-0.2, -0.15) is 0 Å². The van der Waals surface area contributed by atoms with Gasteiger partial charge >= 0.3 is 12.2 Å². The van der Waals surface area contributed by atoms with Crippen molar-refractivity contribution >= 4 is 34.2 Å². The third-order valence-electron chi connectivity index (χ3n) is 1.13. The Labute approximate surface area is 76.8 Å². The van der Waals surface area contributed by atoms with E-state index in [1.165, 1.54) is 6.07 Å². The van der Waals surface area contributed by atoms with Crippen molar-refractivity contribution in [3.8, 4) is 0 Å². The van der Waals surface area contributed by atoms with Crippen LogP contribution in [0.15, 0.2) is 11.4 Å². The van der Waals surface area contributed by atoms with Gasteiger partial charge in [0.1, 0.15) is 5.00 Å². The second kappa shape index (κ2) is 3.76. The molecule has 0 spiro atoms. The fraction of sp³-hybridized carbons (Fsp3) is 0. The Kier molecular flexibility index (Phi) is 2.70. The first-order valence-electron chi connectivity index (χ1n) is 3.17. The molecule has 0 radical (unpaired) electrons. The lowest BCUT2D eigenvalue weighted by Crippen LogP contribution is -2.11. The third kappa shape index (κ3) is 2.64. The second-order valence-electron chi connectivity index (χ2n) is 2.02. The molecular formula is C6H6N2O4S. The third-order valence-corrected chi connectivity index (χ3v) is 1.96. The van der Waals surface area contributed by atoms with Gasteiger partial charge < -0.3 is 10.2 Å². The number of rotatable bonds is 2. The molecule has 6 nitrogen and oxygen atoms in total. The fourth-order valence-corrected chi connectivity index (χ4v) is 1.45. The van der Waals surface area contributed by atoms with Crippen molar-refractivity contribution in [3.05, 3.63) is 11.4 Å². The Balaban J connectivity index is 2.76. The molecule has 0 aromatic carbocycles. The maximum atomic E-state index is 10.2. The zero-order chi connectivity index (χ0) is 9.84. The van der Waals surface area contributed by atoms with Crippen molar-refractivity contribution in [1.82, 2.24) is 0 Å². The molecule has 4 N–H and O–H groups in total. The molecule has 0 atom stereocenters. The zero-order valence-corrected chi connectivity index (χ0v) is 7.09. The van der Waals surface area contributed by atoms with Crippen LogP contribution in [0, 0.1) is 0 Å². The molecule has 0 aliphatic carbocycles. The number of carboxylic acid groups (broad SMARTS) is 2. The molecule has 0 saturated carbocycles. The van der Waals surface area contributed by atoms with Crippen molar-refractivity contribution in [1.29, 1.82) is 0 Å². The number of thiophene rings is 1. The highest BCUT2D eigenvalue weighted by Crippen LogP contribution is 2.28. The van der Waals surface area contributed by atoms with Crippen LogP contribution in [-0.4, -0.2) is 22.4 Å². The summed E-state index contributed by atoms with van der Waals surface area (Å²) >= 11 is 1.10. The van der Waals surface area contributed by atoms with E-state index in [0.717, 1.165) is 11.3 Å². The number of hydrogen-bond acceptors (Lipinski definition) is 3. The monoisotopic (exact) mass is 202 g/mol.